The Morgan fingerprint density at radius 1 is 1.09 bits per heavy atom. The molecule has 2 amide bonds. The van der Waals surface area contributed by atoms with E-state index in [1.807, 2.05) is 75.4 Å². The Hall–Kier alpha value is -2.49. The summed E-state index contributed by atoms with van der Waals surface area (Å²) >= 11 is 0. The maximum absolute atomic E-state index is 12.5. The number of hydrogen-bond donors (Lipinski definition) is 1. The van der Waals surface area contributed by atoms with Crippen molar-refractivity contribution in [1.29, 1.82) is 0 Å². The summed E-state index contributed by atoms with van der Waals surface area (Å²) in [6, 6.07) is 17.3. The molecule has 0 radical (unpaired) electrons. The van der Waals surface area contributed by atoms with Crippen LogP contribution in [0.3, 0.4) is 0 Å². The van der Waals surface area contributed by atoms with Crippen molar-refractivity contribution in [2.24, 2.45) is 0 Å². The summed E-state index contributed by atoms with van der Waals surface area (Å²) < 4.78 is 5.74. The SMILES string of the molecule is CCN(Cc1ccccc1)C(=O)Nc1ccccc1OC(C)C. The number of hydrogen-bond acceptors (Lipinski definition) is 2. The number of carbonyl (C=O) groups excluding carboxylic acids is 1. The van der Waals surface area contributed by atoms with Crippen molar-refractivity contribution in [1.82, 2.24) is 4.90 Å². The lowest BCUT2D eigenvalue weighted by Crippen LogP contribution is -2.34. The van der Waals surface area contributed by atoms with Crippen LogP contribution in [-0.2, 0) is 6.54 Å². The number of anilines is 1. The molecule has 0 atom stereocenters. The van der Waals surface area contributed by atoms with Gasteiger partial charge in [0.15, 0.2) is 0 Å². The van der Waals surface area contributed by atoms with Gasteiger partial charge in [-0.25, -0.2) is 4.79 Å². The summed E-state index contributed by atoms with van der Waals surface area (Å²) in [6.45, 7) is 7.11. The van der Waals surface area contributed by atoms with Crippen molar-refractivity contribution >= 4 is 11.7 Å². The van der Waals surface area contributed by atoms with Gasteiger partial charge < -0.3 is 15.0 Å². The molecule has 4 nitrogen and oxygen atoms in total. The van der Waals surface area contributed by atoms with Gasteiger partial charge in [0.25, 0.3) is 0 Å². The largest absolute Gasteiger partial charge is 0.489 e. The molecule has 23 heavy (non-hydrogen) atoms. The third kappa shape index (κ3) is 5.02. The average molecular weight is 312 g/mol. The minimum atomic E-state index is -0.129. The lowest BCUT2D eigenvalue weighted by Gasteiger charge is -2.22. The first-order chi connectivity index (χ1) is 11.1. The van der Waals surface area contributed by atoms with Gasteiger partial charge in [0, 0.05) is 13.1 Å². The van der Waals surface area contributed by atoms with Crippen molar-refractivity contribution in [3.8, 4) is 5.75 Å². The molecule has 1 N–H and O–H groups in total. The van der Waals surface area contributed by atoms with Crippen LogP contribution in [-0.4, -0.2) is 23.6 Å². The maximum Gasteiger partial charge on any atom is 0.322 e. The van der Waals surface area contributed by atoms with Gasteiger partial charge in [0.2, 0.25) is 0 Å². The van der Waals surface area contributed by atoms with Gasteiger partial charge in [0.05, 0.1) is 11.8 Å². The zero-order valence-electron chi connectivity index (χ0n) is 14.0. The monoisotopic (exact) mass is 312 g/mol. The molecule has 4 heteroatoms. The first-order valence-electron chi connectivity index (χ1n) is 7.95. The molecule has 0 saturated heterocycles. The Labute approximate surface area is 138 Å². The van der Waals surface area contributed by atoms with Crippen LogP contribution in [0.25, 0.3) is 0 Å². The summed E-state index contributed by atoms with van der Waals surface area (Å²) in [5.41, 5.74) is 1.80. The lowest BCUT2D eigenvalue weighted by atomic mass is 10.2. The van der Waals surface area contributed by atoms with Gasteiger partial charge in [-0.3, -0.25) is 0 Å². The first kappa shape index (κ1) is 16.9. The Morgan fingerprint density at radius 2 is 1.74 bits per heavy atom. The Kier molecular flexibility index (Phi) is 6.03. The van der Waals surface area contributed by atoms with E-state index in [4.69, 9.17) is 4.74 Å². The predicted molar refractivity (Wildman–Crippen MR) is 93.8 cm³/mol. The van der Waals surface area contributed by atoms with E-state index >= 15 is 0 Å². The van der Waals surface area contributed by atoms with Gasteiger partial charge in [-0.2, -0.15) is 0 Å². The third-order valence-electron chi connectivity index (χ3n) is 3.38. The predicted octanol–water partition coefficient (Wildman–Crippen LogP) is 4.53. The molecule has 2 aromatic rings. The number of nitrogens with one attached hydrogen (secondary N) is 1. The highest BCUT2D eigenvalue weighted by Gasteiger charge is 2.14. The van der Waals surface area contributed by atoms with Crippen LogP contribution in [0.15, 0.2) is 54.6 Å². The van der Waals surface area contributed by atoms with E-state index in [1.54, 1.807) is 4.90 Å². The van der Waals surface area contributed by atoms with E-state index in [0.717, 1.165) is 5.56 Å². The maximum atomic E-state index is 12.5. The molecule has 0 aliphatic carbocycles. The van der Waals surface area contributed by atoms with Crippen LogP contribution in [0.5, 0.6) is 5.75 Å². The molecule has 0 heterocycles. The molecule has 0 saturated carbocycles. The van der Waals surface area contributed by atoms with Crippen molar-refractivity contribution in [2.45, 2.75) is 33.4 Å². The second kappa shape index (κ2) is 8.22. The topological polar surface area (TPSA) is 41.6 Å². The number of urea groups is 1. The van der Waals surface area contributed by atoms with Crippen molar-refractivity contribution in [2.75, 3.05) is 11.9 Å². The highest BCUT2D eigenvalue weighted by molar-refractivity contribution is 5.90. The zero-order chi connectivity index (χ0) is 16.7. The molecular formula is C19H24N2O2. The van der Waals surface area contributed by atoms with Crippen LogP contribution in [0.4, 0.5) is 10.5 Å². The van der Waals surface area contributed by atoms with Crippen molar-refractivity contribution in [3.05, 3.63) is 60.2 Å². The second-order valence-corrected chi connectivity index (χ2v) is 5.59. The molecule has 0 unspecified atom stereocenters. The first-order valence-corrected chi connectivity index (χ1v) is 7.95. The fourth-order valence-corrected chi connectivity index (χ4v) is 2.25. The summed E-state index contributed by atoms with van der Waals surface area (Å²) in [4.78, 5) is 14.3. The third-order valence-corrected chi connectivity index (χ3v) is 3.38. The van der Waals surface area contributed by atoms with Crippen LogP contribution in [0, 0.1) is 0 Å². The summed E-state index contributed by atoms with van der Waals surface area (Å²) in [5, 5.41) is 2.95. The summed E-state index contributed by atoms with van der Waals surface area (Å²) in [7, 11) is 0. The van der Waals surface area contributed by atoms with E-state index in [9.17, 15) is 4.79 Å². The van der Waals surface area contributed by atoms with Gasteiger partial charge in [0.1, 0.15) is 5.75 Å². The number of carbonyl (C=O) groups is 1. The van der Waals surface area contributed by atoms with E-state index in [1.165, 1.54) is 0 Å². The highest BCUT2D eigenvalue weighted by Crippen LogP contribution is 2.25. The molecule has 0 bridgehead atoms. The van der Waals surface area contributed by atoms with E-state index < -0.39 is 0 Å². The molecule has 0 aliphatic heterocycles. The molecule has 2 aromatic carbocycles. The van der Waals surface area contributed by atoms with Crippen LogP contribution in [0.2, 0.25) is 0 Å². The van der Waals surface area contributed by atoms with Gasteiger partial charge in [-0.05, 0) is 38.5 Å². The average Bonchev–Trinajstić information content (AvgIpc) is 2.55. The van der Waals surface area contributed by atoms with Gasteiger partial charge >= 0.3 is 6.03 Å². The minimum absolute atomic E-state index is 0.0552. The number of para-hydroxylation sites is 2. The fraction of sp³-hybridized carbons (Fsp3) is 0.316. The second-order valence-electron chi connectivity index (χ2n) is 5.59. The highest BCUT2D eigenvalue weighted by atomic mass is 16.5. The van der Waals surface area contributed by atoms with Crippen LogP contribution < -0.4 is 10.1 Å². The number of amides is 2. The number of benzene rings is 2. The number of ether oxygens (including phenoxy) is 1. The van der Waals surface area contributed by atoms with E-state index in [0.29, 0.717) is 24.5 Å². The Balaban J connectivity index is 2.08. The van der Waals surface area contributed by atoms with Crippen molar-refractivity contribution < 1.29 is 9.53 Å². The standard InChI is InChI=1S/C19H24N2O2/c1-4-21(14-16-10-6-5-7-11-16)19(22)20-17-12-8-9-13-18(17)23-15(2)3/h5-13,15H,4,14H2,1-3H3,(H,20,22). The molecule has 0 fully saturated rings. The molecule has 0 spiro atoms. The van der Waals surface area contributed by atoms with E-state index in [-0.39, 0.29) is 12.1 Å². The lowest BCUT2D eigenvalue weighted by molar-refractivity contribution is 0.211. The van der Waals surface area contributed by atoms with E-state index in [2.05, 4.69) is 5.32 Å². The normalized spacial score (nSPS) is 10.4. The smallest absolute Gasteiger partial charge is 0.322 e. The molecule has 0 aliphatic rings. The minimum Gasteiger partial charge on any atom is -0.489 e. The van der Waals surface area contributed by atoms with Crippen molar-refractivity contribution in [3.63, 3.8) is 0 Å². The van der Waals surface area contributed by atoms with Crippen LogP contribution in [0.1, 0.15) is 26.3 Å². The van der Waals surface area contributed by atoms with Crippen LogP contribution >= 0.6 is 0 Å². The molecule has 2 rings (SSSR count). The molecular weight excluding hydrogens is 288 g/mol. The summed E-state index contributed by atoms with van der Waals surface area (Å²) in [6.07, 6.45) is 0.0552. The molecule has 0 aromatic heterocycles. The number of nitrogens with zero attached hydrogens (tertiary/aromatic N) is 1. The Bertz CT molecular complexity index is 626. The fourth-order valence-electron chi connectivity index (χ4n) is 2.25. The quantitative estimate of drug-likeness (QED) is 0.851. The summed E-state index contributed by atoms with van der Waals surface area (Å²) in [5.74, 6) is 0.687. The zero-order valence-corrected chi connectivity index (χ0v) is 14.0. The number of rotatable bonds is 6. The van der Waals surface area contributed by atoms with Gasteiger partial charge in [-0.15, -0.1) is 0 Å². The molecule has 122 valence electrons. The van der Waals surface area contributed by atoms with Gasteiger partial charge in [-0.1, -0.05) is 42.5 Å². The Morgan fingerprint density at radius 3 is 2.39 bits per heavy atom.